The average molecular weight is 369 g/mol. The van der Waals surface area contributed by atoms with Crippen molar-refractivity contribution in [1.82, 2.24) is 10.2 Å². The third-order valence-electron chi connectivity index (χ3n) is 4.90. The Labute approximate surface area is 162 Å². The highest BCUT2D eigenvalue weighted by Crippen LogP contribution is 2.18. The van der Waals surface area contributed by atoms with Crippen molar-refractivity contribution in [2.75, 3.05) is 43.4 Å². The summed E-state index contributed by atoms with van der Waals surface area (Å²) in [4.78, 5) is 4.82. The van der Waals surface area contributed by atoms with Crippen LogP contribution in [0.2, 0.25) is 0 Å². The smallest absolute Gasteiger partial charge is 0.171 e. The van der Waals surface area contributed by atoms with Crippen LogP contribution in [-0.2, 0) is 6.54 Å². The molecule has 2 aromatic rings. The van der Waals surface area contributed by atoms with Crippen molar-refractivity contribution in [2.45, 2.75) is 20.4 Å². The van der Waals surface area contributed by atoms with Crippen LogP contribution in [0.4, 0.5) is 11.4 Å². The molecule has 3 rings (SSSR count). The summed E-state index contributed by atoms with van der Waals surface area (Å²) in [7, 11) is 2.18. The van der Waals surface area contributed by atoms with E-state index in [4.69, 9.17) is 12.2 Å². The molecule has 0 atom stereocenters. The summed E-state index contributed by atoms with van der Waals surface area (Å²) < 4.78 is 0. The van der Waals surface area contributed by atoms with Gasteiger partial charge in [0.05, 0.1) is 0 Å². The van der Waals surface area contributed by atoms with E-state index in [-0.39, 0.29) is 0 Å². The van der Waals surface area contributed by atoms with Crippen molar-refractivity contribution in [2.24, 2.45) is 0 Å². The summed E-state index contributed by atoms with van der Waals surface area (Å²) in [6.45, 7) is 9.34. The van der Waals surface area contributed by atoms with E-state index in [0.29, 0.717) is 5.11 Å². The summed E-state index contributed by atoms with van der Waals surface area (Å²) in [6.07, 6.45) is 0. The minimum atomic E-state index is 0.654. The maximum Gasteiger partial charge on any atom is 0.171 e. The maximum absolute atomic E-state index is 5.44. The quantitative estimate of drug-likeness (QED) is 0.806. The number of likely N-dealkylation sites (N-methyl/N-ethyl adjacent to an activating group) is 1. The fourth-order valence-electron chi connectivity index (χ4n) is 3.11. The number of benzene rings is 2. The van der Waals surface area contributed by atoms with Crippen LogP contribution in [0.3, 0.4) is 0 Å². The number of nitrogens with zero attached hydrogens (tertiary/aromatic N) is 2. The van der Waals surface area contributed by atoms with Crippen LogP contribution in [-0.4, -0.2) is 43.2 Å². The standard InChI is InChI=1S/C21H28N4S/c1-16-4-5-17(2)20(14-16)23-21(26)22-15-18-6-8-19(9-7-18)25-12-10-24(3)11-13-25/h4-9,14H,10-13,15H2,1-3H3,(H2,22,23,26). The topological polar surface area (TPSA) is 30.5 Å². The zero-order valence-electron chi connectivity index (χ0n) is 15.9. The van der Waals surface area contributed by atoms with Gasteiger partial charge in [0, 0.05) is 44.1 Å². The fourth-order valence-corrected chi connectivity index (χ4v) is 3.29. The number of anilines is 2. The Bertz CT molecular complexity index is 749. The molecule has 1 aliphatic rings. The number of aryl methyl sites for hydroxylation is 2. The molecule has 26 heavy (non-hydrogen) atoms. The second-order valence-electron chi connectivity index (χ2n) is 7.08. The van der Waals surface area contributed by atoms with Gasteiger partial charge in [0.2, 0.25) is 0 Å². The van der Waals surface area contributed by atoms with Gasteiger partial charge in [0.1, 0.15) is 0 Å². The Balaban J connectivity index is 1.51. The largest absolute Gasteiger partial charge is 0.369 e. The molecular weight excluding hydrogens is 340 g/mol. The van der Waals surface area contributed by atoms with E-state index in [1.165, 1.54) is 22.4 Å². The second kappa shape index (κ2) is 8.52. The van der Waals surface area contributed by atoms with Crippen LogP contribution >= 0.6 is 12.2 Å². The van der Waals surface area contributed by atoms with Crippen LogP contribution in [0.15, 0.2) is 42.5 Å². The Hall–Kier alpha value is -2.11. The first-order chi connectivity index (χ1) is 12.5. The van der Waals surface area contributed by atoms with Gasteiger partial charge in [-0.15, -0.1) is 0 Å². The van der Waals surface area contributed by atoms with E-state index in [0.717, 1.165) is 38.4 Å². The first-order valence-electron chi connectivity index (χ1n) is 9.16. The number of nitrogens with one attached hydrogen (secondary N) is 2. The van der Waals surface area contributed by atoms with Crippen LogP contribution in [0, 0.1) is 13.8 Å². The molecule has 0 unspecified atom stereocenters. The molecule has 1 fully saturated rings. The van der Waals surface area contributed by atoms with Gasteiger partial charge in [-0.2, -0.15) is 0 Å². The zero-order valence-corrected chi connectivity index (χ0v) is 16.7. The van der Waals surface area contributed by atoms with Crippen LogP contribution < -0.4 is 15.5 Å². The molecule has 5 heteroatoms. The molecule has 1 saturated heterocycles. The van der Waals surface area contributed by atoms with Crippen molar-refractivity contribution in [3.05, 3.63) is 59.2 Å². The Morgan fingerprint density at radius 2 is 1.69 bits per heavy atom. The van der Waals surface area contributed by atoms with E-state index in [1.54, 1.807) is 0 Å². The SMILES string of the molecule is Cc1ccc(C)c(NC(=S)NCc2ccc(N3CCN(C)CC3)cc2)c1. The van der Waals surface area contributed by atoms with Gasteiger partial charge in [0.25, 0.3) is 0 Å². The number of thiocarbonyl (C=S) groups is 1. The molecule has 1 aliphatic heterocycles. The van der Waals surface area contributed by atoms with E-state index < -0.39 is 0 Å². The summed E-state index contributed by atoms with van der Waals surface area (Å²) in [5.41, 5.74) is 6.01. The summed E-state index contributed by atoms with van der Waals surface area (Å²) >= 11 is 5.44. The van der Waals surface area contributed by atoms with E-state index in [2.05, 4.69) is 83.8 Å². The van der Waals surface area contributed by atoms with Crippen molar-refractivity contribution in [1.29, 1.82) is 0 Å². The molecule has 0 bridgehead atoms. The van der Waals surface area contributed by atoms with Gasteiger partial charge in [0.15, 0.2) is 5.11 Å². The van der Waals surface area contributed by atoms with Gasteiger partial charge in [-0.1, -0.05) is 24.3 Å². The molecular formula is C21H28N4S. The number of hydrogen-bond donors (Lipinski definition) is 2. The molecule has 0 radical (unpaired) electrons. The highest BCUT2D eigenvalue weighted by atomic mass is 32.1. The molecule has 4 nitrogen and oxygen atoms in total. The lowest BCUT2D eigenvalue weighted by molar-refractivity contribution is 0.313. The lowest BCUT2D eigenvalue weighted by Crippen LogP contribution is -2.44. The normalized spacial score (nSPS) is 15.0. The minimum Gasteiger partial charge on any atom is -0.369 e. The molecule has 0 spiro atoms. The van der Waals surface area contributed by atoms with Crippen LogP contribution in [0.25, 0.3) is 0 Å². The molecule has 0 aromatic heterocycles. The molecule has 1 heterocycles. The van der Waals surface area contributed by atoms with Gasteiger partial charge in [-0.05, 0) is 68.0 Å². The summed E-state index contributed by atoms with van der Waals surface area (Å²) in [5, 5.41) is 7.25. The Kier molecular flexibility index (Phi) is 6.12. The Morgan fingerprint density at radius 1 is 1.00 bits per heavy atom. The molecule has 2 N–H and O–H groups in total. The lowest BCUT2D eigenvalue weighted by atomic mass is 10.1. The second-order valence-corrected chi connectivity index (χ2v) is 7.49. The van der Waals surface area contributed by atoms with Crippen molar-refractivity contribution in [3.8, 4) is 0 Å². The zero-order chi connectivity index (χ0) is 18.5. The van der Waals surface area contributed by atoms with Crippen LogP contribution in [0.1, 0.15) is 16.7 Å². The van der Waals surface area contributed by atoms with Gasteiger partial charge in [-0.25, -0.2) is 0 Å². The summed E-state index contributed by atoms with van der Waals surface area (Å²) in [5.74, 6) is 0. The highest BCUT2D eigenvalue weighted by molar-refractivity contribution is 7.80. The summed E-state index contributed by atoms with van der Waals surface area (Å²) in [6, 6.07) is 15.1. The number of hydrogen-bond acceptors (Lipinski definition) is 3. The molecule has 0 saturated carbocycles. The number of piperazine rings is 1. The lowest BCUT2D eigenvalue weighted by Gasteiger charge is -2.34. The van der Waals surface area contributed by atoms with Crippen molar-refractivity contribution in [3.63, 3.8) is 0 Å². The van der Waals surface area contributed by atoms with Gasteiger partial charge < -0.3 is 20.4 Å². The Morgan fingerprint density at radius 3 is 2.38 bits per heavy atom. The first kappa shape index (κ1) is 18.7. The minimum absolute atomic E-state index is 0.654. The predicted octanol–water partition coefficient (Wildman–Crippen LogP) is 3.54. The predicted molar refractivity (Wildman–Crippen MR) is 115 cm³/mol. The maximum atomic E-state index is 5.44. The van der Waals surface area contributed by atoms with E-state index in [1.807, 2.05) is 0 Å². The van der Waals surface area contributed by atoms with Crippen molar-refractivity contribution < 1.29 is 0 Å². The fraction of sp³-hybridized carbons (Fsp3) is 0.381. The third-order valence-corrected chi connectivity index (χ3v) is 5.15. The average Bonchev–Trinajstić information content (AvgIpc) is 2.64. The van der Waals surface area contributed by atoms with Gasteiger partial charge >= 0.3 is 0 Å². The molecule has 0 aliphatic carbocycles. The molecule has 2 aromatic carbocycles. The third kappa shape index (κ3) is 4.96. The van der Waals surface area contributed by atoms with Crippen molar-refractivity contribution >= 4 is 28.7 Å². The number of rotatable bonds is 4. The van der Waals surface area contributed by atoms with E-state index in [9.17, 15) is 0 Å². The highest BCUT2D eigenvalue weighted by Gasteiger charge is 2.13. The monoisotopic (exact) mass is 368 g/mol. The van der Waals surface area contributed by atoms with E-state index >= 15 is 0 Å². The molecule has 138 valence electrons. The molecule has 0 amide bonds. The first-order valence-corrected chi connectivity index (χ1v) is 9.56. The van der Waals surface area contributed by atoms with Crippen LogP contribution in [0.5, 0.6) is 0 Å². The van der Waals surface area contributed by atoms with Gasteiger partial charge in [-0.3, -0.25) is 0 Å².